The molecule has 0 bridgehead atoms. The minimum Gasteiger partial charge on any atom is -0.452 e. The molecular weight excluding hydrogens is 192 g/mol. The van der Waals surface area contributed by atoms with Crippen LogP contribution in [0.25, 0.3) is 0 Å². The molecule has 1 aliphatic rings. The molecule has 1 fully saturated rings. The number of para-hydroxylation sites is 1. The minimum atomic E-state index is -0.451. The van der Waals surface area contributed by atoms with Gasteiger partial charge in [-0.3, -0.25) is 10.1 Å². The second-order valence-corrected chi connectivity index (χ2v) is 3.45. The molecule has 1 saturated heterocycles. The Morgan fingerprint density at radius 2 is 2.13 bits per heavy atom. The monoisotopic (exact) mass is 204 g/mol. The second kappa shape index (κ2) is 3.73. The maximum Gasteiger partial charge on any atom is 0.297 e. The third kappa shape index (κ3) is 1.98. The predicted molar refractivity (Wildman–Crippen MR) is 57.0 cm³/mol. The molecule has 0 aliphatic carbocycles. The molecule has 1 aliphatic heterocycles. The molecule has 0 radical (unpaired) electrons. The molecule has 4 nitrogen and oxygen atoms in total. The van der Waals surface area contributed by atoms with E-state index in [9.17, 15) is 4.79 Å². The summed E-state index contributed by atoms with van der Waals surface area (Å²) in [5.41, 5.74) is 1.85. The molecule has 0 spiro atoms. The molecule has 15 heavy (non-hydrogen) atoms. The van der Waals surface area contributed by atoms with Crippen LogP contribution in [0.3, 0.4) is 0 Å². The largest absolute Gasteiger partial charge is 0.452 e. The van der Waals surface area contributed by atoms with Gasteiger partial charge in [-0.05, 0) is 25.5 Å². The van der Waals surface area contributed by atoms with Crippen molar-refractivity contribution in [2.24, 2.45) is 4.99 Å². The number of hydrogen-bond acceptors (Lipinski definition) is 3. The number of hydrogen-bond donors (Lipinski definition) is 1. The predicted octanol–water partition coefficient (Wildman–Crippen LogP) is 1.52. The van der Waals surface area contributed by atoms with E-state index in [-0.39, 0.29) is 11.9 Å². The van der Waals surface area contributed by atoms with Gasteiger partial charge in [0, 0.05) is 0 Å². The van der Waals surface area contributed by atoms with Crippen molar-refractivity contribution in [3.63, 3.8) is 0 Å². The number of aryl methyl sites for hydroxylation is 1. The Hall–Kier alpha value is -1.84. The Morgan fingerprint density at radius 1 is 1.40 bits per heavy atom. The highest BCUT2D eigenvalue weighted by Crippen LogP contribution is 2.18. The van der Waals surface area contributed by atoms with E-state index < -0.39 is 6.10 Å². The van der Waals surface area contributed by atoms with Crippen molar-refractivity contribution in [3.8, 4) is 0 Å². The first-order valence-electron chi connectivity index (χ1n) is 4.78. The Bertz CT molecular complexity index is 426. The summed E-state index contributed by atoms with van der Waals surface area (Å²) in [6, 6.07) is 7.95. The lowest BCUT2D eigenvalue weighted by molar-refractivity contribution is -0.122. The van der Waals surface area contributed by atoms with Gasteiger partial charge in [0.1, 0.15) is 0 Å². The number of nitrogens with one attached hydrogen (secondary N) is 1. The summed E-state index contributed by atoms with van der Waals surface area (Å²) in [6.45, 7) is 3.65. The van der Waals surface area contributed by atoms with Crippen LogP contribution in [0.5, 0.6) is 0 Å². The van der Waals surface area contributed by atoms with Gasteiger partial charge in [0.15, 0.2) is 6.10 Å². The third-order valence-corrected chi connectivity index (χ3v) is 2.23. The van der Waals surface area contributed by atoms with E-state index in [1.165, 1.54) is 0 Å². The van der Waals surface area contributed by atoms with Gasteiger partial charge in [-0.2, -0.15) is 4.99 Å². The topological polar surface area (TPSA) is 50.7 Å². The lowest BCUT2D eigenvalue weighted by Crippen LogP contribution is -2.23. The molecule has 2 rings (SSSR count). The van der Waals surface area contributed by atoms with Crippen molar-refractivity contribution >= 4 is 17.6 Å². The molecule has 1 heterocycles. The highest BCUT2D eigenvalue weighted by Gasteiger charge is 2.26. The standard InChI is InChI=1S/C11H12N2O2/c1-7-5-3-4-6-9(7)12-11-13-10(14)8(2)15-11/h3-6,8H,1-2H3,(H,12,13,14). The molecular formula is C11H12N2O2. The van der Waals surface area contributed by atoms with E-state index in [0.717, 1.165) is 11.3 Å². The molecule has 1 atom stereocenters. The zero-order valence-electron chi connectivity index (χ0n) is 8.65. The summed E-state index contributed by atoms with van der Waals surface area (Å²) in [5, 5.41) is 2.57. The van der Waals surface area contributed by atoms with Crippen LogP contribution in [0.4, 0.5) is 5.69 Å². The van der Waals surface area contributed by atoms with E-state index in [2.05, 4.69) is 10.3 Å². The van der Waals surface area contributed by atoms with Gasteiger partial charge >= 0.3 is 0 Å². The molecule has 0 saturated carbocycles. The van der Waals surface area contributed by atoms with Gasteiger partial charge in [-0.25, -0.2) is 0 Å². The van der Waals surface area contributed by atoms with Gasteiger partial charge in [0.2, 0.25) is 0 Å². The first-order chi connectivity index (χ1) is 7.16. The fraction of sp³-hybridized carbons (Fsp3) is 0.273. The summed E-state index contributed by atoms with van der Waals surface area (Å²) in [7, 11) is 0. The number of rotatable bonds is 1. The number of aliphatic imine (C=N–C) groups is 1. The Morgan fingerprint density at radius 3 is 2.73 bits per heavy atom. The van der Waals surface area contributed by atoms with Crippen molar-refractivity contribution in [1.29, 1.82) is 0 Å². The number of benzene rings is 1. The van der Waals surface area contributed by atoms with Gasteiger partial charge in [0.25, 0.3) is 11.9 Å². The molecule has 78 valence electrons. The normalized spacial score (nSPS) is 22.7. The van der Waals surface area contributed by atoms with Gasteiger partial charge < -0.3 is 4.74 Å². The van der Waals surface area contributed by atoms with Crippen LogP contribution in [0.2, 0.25) is 0 Å². The molecule has 4 heteroatoms. The Kier molecular flexibility index (Phi) is 2.41. The lowest BCUT2D eigenvalue weighted by atomic mass is 10.2. The zero-order chi connectivity index (χ0) is 10.8. The second-order valence-electron chi connectivity index (χ2n) is 3.45. The quantitative estimate of drug-likeness (QED) is 0.754. The zero-order valence-corrected chi connectivity index (χ0v) is 8.65. The fourth-order valence-electron chi connectivity index (χ4n) is 1.31. The average Bonchev–Trinajstić information content (AvgIpc) is 2.50. The van der Waals surface area contributed by atoms with Crippen LogP contribution in [-0.2, 0) is 9.53 Å². The van der Waals surface area contributed by atoms with Crippen molar-refractivity contribution in [1.82, 2.24) is 5.32 Å². The number of carbonyl (C=O) groups is 1. The molecule has 1 amide bonds. The van der Waals surface area contributed by atoms with E-state index in [0.29, 0.717) is 0 Å². The highest BCUT2D eigenvalue weighted by atomic mass is 16.5. The van der Waals surface area contributed by atoms with E-state index in [1.54, 1.807) is 6.92 Å². The SMILES string of the molecule is Cc1ccccc1N=C1NC(=O)C(C)O1. The van der Waals surface area contributed by atoms with Gasteiger partial charge in [0.05, 0.1) is 5.69 Å². The smallest absolute Gasteiger partial charge is 0.297 e. The molecule has 0 aromatic heterocycles. The van der Waals surface area contributed by atoms with E-state index in [4.69, 9.17) is 4.74 Å². The van der Waals surface area contributed by atoms with E-state index >= 15 is 0 Å². The van der Waals surface area contributed by atoms with E-state index in [1.807, 2.05) is 31.2 Å². The van der Waals surface area contributed by atoms with Crippen LogP contribution in [0, 0.1) is 6.92 Å². The molecule has 1 N–H and O–H groups in total. The summed E-state index contributed by atoms with van der Waals surface area (Å²) < 4.78 is 5.22. The van der Waals surface area contributed by atoms with Crippen LogP contribution in [0.1, 0.15) is 12.5 Å². The van der Waals surface area contributed by atoms with Crippen LogP contribution in [0.15, 0.2) is 29.3 Å². The summed E-state index contributed by atoms with van der Waals surface area (Å²) in [6.07, 6.45) is -0.451. The maximum atomic E-state index is 11.1. The summed E-state index contributed by atoms with van der Waals surface area (Å²) >= 11 is 0. The number of amidine groups is 1. The van der Waals surface area contributed by atoms with Crippen molar-refractivity contribution in [2.75, 3.05) is 0 Å². The Balaban J connectivity index is 2.25. The van der Waals surface area contributed by atoms with Crippen LogP contribution < -0.4 is 5.32 Å². The Labute approximate surface area is 88.0 Å². The van der Waals surface area contributed by atoms with Crippen molar-refractivity contribution in [3.05, 3.63) is 29.8 Å². The molecule has 1 aromatic rings. The number of ether oxygens (including phenoxy) is 1. The maximum absolute atomic E-state index is 11.1. The first kappa shape index (κ1) is 9.71. The lowest BCUT2D eigenvalue weighted by Gasteiger charge is -2.01. The number of amides is 1. The number of nitrogens with zero attached hydrogens (tertiary/aromatic N) is 1. The van der Waals surface area contributed by atoms with Gasteiger partial charge in [-0.1, -0.05) is 18.2 Å². The summed E-state index contributed by atoms with van der Waals surface area (Å²) in [4.78, 5) is 15.4. The fourth-order valence-corrected chi connectivity index (χ4v) is 1.31. The third-order valence-electron chi connectivity index (χ3n) is 2.23. The summed E-state index contributed by atoms with van der Waals surface area (Å²) in [5.74, 6) is -0.151. The van der Waals surface area contributed by atoms with Crippen LogP contribution in [-0.4, -0.2) is 18.0 Å². The highest BCUT2D eigenvalue weighted by molar-refractivity contribution is 6.02. The minimum absolute atomic E-state index is 0.151. The van der Waals surface area contributed by atoms with Crippen molar-refractivity contribution < 1.29 is 9.53 Å². The average molecular weight is 204 g/mol. The number of carbonyl (C=O) groups excluding carboxylic acids is 1. The van der Waals surface area contributed by atoms with Crippen LogP contribution >= 0.6 is 0 Å². The van der Waals surface area contributed by atoms with Gasteiger partial charge in [-0.15, -0.1) is 0 Å². The first-order valence-corrected chi connectivity index (χ1v) is 4.78. The molecule has 1 aromatic carbocycles. The van der Waals surface area contributed by atoms with Crippen molar-refractivity contribution in [2.45, 2.75) is 20.0 Å². The molecule has 1 unspecified atom stereocenters.